The number of methoxy groups -OCH3 is 2. The number of carbonyl (C=O) groups is 1. The highest BCUT2D eigenvalue weighted by Gasteiger charge is 2.15. The molecule has 30 heavy (non-hydrogen) atoms. The van der Waals surface area contributed by atoms with E-state index in [0.717, 1.165) is 31.3 Å². The second-order valence-corrected chi connectivity index (χ2v) is 7.77. The molecule has 1 aromatic heterocycles. The predicted molar refractivity (Wildman–Crippen MR) is 122 cm³/mol. The molecule has 0 saturated carbocycles. The number of allylic oxidation sites excluding steroid dienone is 1. The highest BCUT2D eigenvalue weighted by Crippen LogP contribution is 2.35. The molecule has 0 aliphatic heterocycles. The van der Waals surface area contributed by atoms with Crippen LogP contribution in [0.1, 0.15) is 22.5 Å². The van der Waals surface area contributed by atoms with Gasteiger partial charge in [0.1, 0.15) is 11.9 Å². The van der Waals surface area contributed by atoms with Crippen LogP contribution in [0.3, 0.4) is 0 Å². The van der Waals surface area contributed by atoms with Crippen molar-refractivity contribution in [1.29, 1.82) is 5.26 Å². The number of esters is 1. The Morgan fingerprint density at radius 1 is 1.23 bits per heavy atom. The van der Waals surface area contributed by atoms with E-state index in [0.29, 0.717) is 22.9 Å². The van der Waals surface area contributed by atoms with Crippen LogP contribution in [-0.2, 0) is 9.53 Å². The third kappa shape index (κ3) is 4.57. The molecular formula is C22H20IN3O4. The van der Waals surface area contributed by atoms with Gasteiger partial charge < -0.3 is 19.2 Å². The Morgan fingerprint density at radius 2 is 1.97 bits per heavy atom. The summed E-state index contributed by atoms with van der Waals surface area (Å²) in [5.74, 6) is 0.899. The zero-order valence-corrected chi connectivity index (χ0v) is 19.2. The molecule has 154 valence electrons. The van der Waals surface area contributed by atoms with Gasteiger partial charge in [-0.3, -0.25) is 0 Å². The minimum atomic E-state index is -0.487. The maximum atomic E-state index is 11.4. The first-order valence-electron chi connectivity index (χ1n) is 9.02. The molecule has 0 bridgehead atoms. The molecule has 0 radical (unpaired) electrons. The van der Waals surface area contributed by atoms with Gasteiger partial charge in [0.2, 0.25) is 0 Å². The summed E-state index contributed by atoms with van der Waals surface area (Å²) in [6.45, 7) is 3.84. The van der Waals surface area contributed by atoms with E-state index in [1.807, 2.05) is 32.0 Å². The third-order valence-corrected chi connectivity index (χ3v) is 5.40. The van der Waals surface area contributed by atoms with Crippen molar-refractivity contribution in [2.75, 3.05) is 20.8 Å². The lowest BCUT2D eigenvalue weighted by atomic mass is 10.1. The first-order chi connectivity index (χ1) is 14.4. The Hall–Kier alpha value is -3.06. The Labute approximate surface area is 187 Å². The van der Waals surface area contributed by atoms with Gasteiger partial charge in [-0.15, -0.1) is 0 Å². The molecule has 8 heteroatoms. The van der Waals surface area contributed by atoms with E-state index in [4.69, 9.17) is 9.47 Å². The number of hydrogen-bond acceptors (Lipinski definition) is 6. The molecule has 0 saturated heterocycles. The first kappa shape index (κ1) is 21.6. The molecule has 3 aromatic rings. The molecule has 0 spiro atoms. The van der Waals surface area contributed by atoms with Crippen molar-refractivity contribution in [2.45, 2.75) is 13.8 Å². The summed E-state index contributed by atoms with van der Waals surface area (Å²) in [4.78, 5) is 19.2. The molecule has 0 amide bonds. The fourth-order valence-corrected chi connectivity index (χ4v) is 3.65. The molecule has 2 aromatic carbocycles. The molecule has 1 heterocycles. The number of carbonyl (C=O) groups excluding carboxylic acids is 1. The average molecular weight is 517 g/mol. The Bertz CT molecular complexity index is 1150. The number of aromatic amines is 1. The number of nitrogens with zero attached hydrogens (tertiary/aromatic N) is 2. The van der Waals surface area contributed by atoms with E-state index in [2.05, 4.69) is 43.4 Å². The standard InChI is InChI=1S/C22H20IN3O4/c1-12-5-17-18(6-13(12)2)26-22(25-17)15(10-24)7-14-8-16(23)21(19(9-14)28-3)30-11-20(27)29-4/h5-9H,11H2,1-4H3,(H,25,26)/b15-7-. The number of aryl methyl sites for hydroxylation is 2. The zero-order valence-electron chi connectivity index (χ0n) is 17.0. The number of rotatable bonds is 6. The summed E-state index contributed by atoms with van der Waals surface area (Å²) in [6, 6.07) is 9.81. The lowest BCUT2D eigenvalue weighted by Crippen LogP contribution is -2.13. The molecule has 3 rings (SSSR count). The second kappa shape index (κ2) is 9.17. The number of nitriles is 1. The number of nitrogens with one attached hydrogen (secondary N) is 1. The molecule has 0 aliphatic rings. The quantitative estimate of drug-likeness (QED) is 0.296. The predicted octanol–water partition coefficient (Wildman–Crippen LogP) is 4.41. The molecule has 0 aliphatic carbocycles. The van der Waals surface area contributed by atoms with Crippen molar-refractivity contribution in [2.24, 2.45) is 0 Å². The normalized spacial score (nSPS) is 11.3. The van der Waals surface area contributed by atoms with Crippen LogP contribution in [0, 0.1) is 28.7 Å². The number of H-pyrrole nitrogens is 1. The van der Waals surface area contributed by atoms with E-state index in [9.17, 15) is 10.1 Å². The van der Waals surface area contributed by atoms with Gasteiger partial charge in [0.05, 0.1) is 34.4 Å². The van der Waals surface area contributed by atoms with Crippen LogP contribution in [0.15, 0.2) is 24.3 Å². The number of fused-ring (bicyclic) bond motifs is 1. The number of benzene rings is 2. The minimum absolute atomic E-state index is 0.223. The van der Waals surface area contributed by atoms with Gasteiger partial charge in [0, 0.05) is 0 Å². The van der Waals surface area contributed by atoms with Gasteiger partial charge in [-0.05, 0) is 83.5 Å². The minimum Gasteiger partial charge on any atom is -0.493 e. The van der Waals surface area contributed by atoms with E-state index >= 15 is 0 Å². The van der Waals surface area contributed by atoms with E-state index in [1.165, 1.54) is 14.2 Å². The largest absolute Gasteiger partial charge is 0.493 e. The topological polar surface area (TPSA) is 97.2 Å². The Balaban J connectivity index is 1.99. The van der Waals surface area contributed by atoms with E-state index in [1.54, 1.807) is 12.1 Å². The second-order valence-electron chi connectivity index (χ2n) is 6.61. The third-order valence-electron chi connectivity index (χ3n) is 4.60. The van der Waals surface area contributed by atoms with Crippen LogP contribution >= 0.6 is 22.6 Å². The van der Waals surface area contributed by atoms with Crippen molar-refractivity contribution < 1.29 is 19.0 Å². The van der Waals surface area contributed by atoms with Gasteiger partial charge in [-0.2, -0.15) is 5.26 Å². The van der Waals surface area contributed by atoms with Crippen LogP contribution in [0.4, 0.5) is 0 Å². The molecule has 0 atom stereocenters. The first-order valence-corrected chi connectivity index (χ1v) is 10.1. The molecular weight excluding hydrogens is 497 g/mol. The summed E-state index contributed by atoms with van der Waals surface area (Å²) < 4.78 is 16.3. The van der Waals surface area contributed by atoms with Crippen LogP contribution in [0.25, 0.3) is 22.7 Å². The van der Waals surface area contributed by atoms with E-state index < -0.39 is 5.97 Å². The monoisotopic (exact) mass is 517 g/mol. The maximum absolute atomic E-state index is 11.4. The van der Waals surface area contributed by atoms with Crippen LogP contribution in [0.2, 0.25) is 0 Å². The lowest BCUT2D eigenvalue weighted by molar-refractivity contribution is -0.142. The Kier molecular flexibility index (Phi) is 6.62. The number of hydrogen-bond donors (Lipinski definition) is 1. The van der Waals surface area contributed by atoms with Gasteiger partial charge >= 0.3 is 5.97 Å². The van der Waals surface area contributed by atoms with Gasteiger partial charge in [0.25, 0.3) is 0 Å². The van der Waals surface area contributed by atoms with E-state index in [-0.39, 0.29) is 6.61 Å². The number of aromatic nitrogens is 2. The highest BCUT2D eigenvalue weighted by atomic mass is 127. The van der Waals surface area contributed by atoms with Crippen molar-refractivity contribution in [3.63, 3.8) is 0 Å². The summed E-state index contributed by atoms with van der Waals surface area (Å²) in [5, 5.41) is 9.71. The smallest absolute Gasteiger partial charge is 0.343 e. The number of ether oxygens (including phenoxy) is 3. The van der Waals surface area contributed by atoms with Gasteiger partial charge in [0.15, 0.2) is 18.1 Å². The van der Waals surface area contributed by atoms with Crippen LogP contribution < -0.4 is 9.47 Å². The molecule has 1 N–H and O–H groups in total. The number of imidazole rings is 1. The highest BCUT2D eigenvalue weighted by molar-refractivity contribution is 14.1. The summed E-state index contributed by atoms with van der Waals surface area (Å²) in [6.07, 6.45) is 1.73. The average Bonchev–Trinajstić information content (AvgIpc) is 3.13. The fourth-order valence-electron chi connectivity index (χ4n) is 2.87. The Morgan fingerprint density at radius 3 is 2.63 bits per heavy atom. The van der Waals surface area contributed by atoms with Crippen molar-refractivity contribution in [1.82, 2.24) is 9.97 Å². The number of halogens is 1. The maximum Gasteiger partial charge on any atom is 0.343 e. The van der Waals surface area contributed by atoms with Crippen molar-refractivity contribution in [3.05, 3.63) is 50.4 Å². The van der Waals surface area contributed by atoms with Crippen molar-refractivity contribution >= 4 is 51.2 Å². The molecule has 0 unspecified atom stereocenters. The van der Waals surface area contributed by atoms with Gasteiger partial charge in [-0.1, -0.05) is 0 Å². The van der Waals surface area contributed by atoms with Gasteiger partial charge in [-0.25, -0.2) is 9.78 Å². The molecule has 0 fully saturated rings. The SMILES string of the molecule is COC(=O)COc1c(I)cc(/C=C(/C#N)c2nc3cc(C)c(C)cc3[nH]2)cc1OC. The fraction of sp³-hybridized carbons (Fsp3) is 0.227. The lowest BCUT2D eigenvalue weighted by Gasteiger charge is -2.13. The summed E-state index contributed by atoms with van der Waals surface area (Å²) >= 11 is 2.09. The zero-order chi connectivity index (χ0) is 21.8. The van der Waals surface area contributed by atoms with Crippen LogP contribution in [0.5, 0.6) is 11.5 Å². The summed E-state index contributed by atoms with van der Waals surface area (Å²) in [7, 11) is 2.81. The van der Waals surface area contributed by atoms with Crippen molar-refractivity contribution in [3.8, 4) is 17.6 Å². The van der Waals surface area contributed by atoms with Crippen LogP contribution in [-0.4, -0.2) is 36.8 Å². The summed E-state index contributed by atoms with van der Waals surface area (Å²) in [5.41, 5.74) is 5.13. The molecule has 7 nitrogen and oxygen atoms in total.